The highest BCUT2D eigenvalue weighted by Gasteiger charge is 2.40. The molecular weight excluding hydrogens is 294 g/mol. The Bertz CT molecular complexity index is 528. The van der Waals surface area contributed by atoms with Crippen LogP contribution >= 0.6 is 11.6 Å². The fourth-order valence-corrected chi connectivity index (χ4v) is 2.88. The van der Waals surface area contributed by atoms with Gasteiger partial charge in [-0.15, -0.1) is 0 Å². The highest BCUT2D eigenvalue weighted by molar-refractivity contribution is 6.29. The Morgan fingerprint density at radius 2 is 1.95 bits per heavy atom. The number of hydrogen-bond donors (Lipinski definition) is 2. The Labute approximate surface area is 127 Å². The molecule has 0 bridgehead atoms. The Kier molecular flexibility index (Phi) is 5.12. The number of rotatable bonds is 4. The van der Waals surface area contributed by atoms with Gasteiger partial charge in [-0.05, 0) is 18.9 Å². The predicted octanol–water partition coefficient (Wildman–Crippen LogP) is 2.88. The van der Waals surface area contributed by atoms with Crippen LogP contribution in [0.1, 0.15) is 44.9 Å². The molecule has 1 aliphatic carbocycles. The van der Waals surface area contributed by atoms with Gasteiger partial charge < -0.3 is 5.11 Å². The number of carboxylic acids is 1. The number of carboxylic acid groups (broad SMARTS) is 1. The molecule has 0 spiro atoms. The van der Waals surface area contributed by atoms with Crippen molar-refractivity contribution in [2.24, 2.45) is 5.41 Å². The maximum atomic E-state index is 12.1. The minimum absolute atomic E-state index is 0.0573. The zero-order chi connectivity index (χ0) is 15.3. The maximum Gasteiger partial charge on any atom is 0.310 e. The predicted molar refractivity (Wildman–Crippen MR) is 78.1 cm³/mol. The van der Waals surface area contributed by atoms with E-state index in [4.69, 9.17) is 11.6 Å². The van der Waals surface area contributed by atoms with Crippen molar-refractivity contribution < 1.29 is 14.7 Å². The molecule has 1 aromatic rings. The molecule has 6 nitrogen and oxygen atoms in total. The van der Waals surface area contributed by atoms with Crippen molar-refractivity contribution in [1.82, 2.24) is 9.97 Å². The fourth-order valence-electron chi connectivity index (χ4n) is 2.74. The molecule has 1 fully saturated rings. The number of carbonyl (C=O) groups is 2. The summed E-state index contributed by atoms with van der Waals surface area (Å²) in [5.41, 5.74) is -0.973. The smallest absolute Gasteiger partial charge is 0.310 e. The number of hydrogen-bond acceptors (Lipinski definition) is 4. The number of aliphatic carboxylic acids is 1. The van der Waals surface area contributed by atoms with E-state index in [1.165, 1.54) is 12.3 Å². The lowest BCUT2D eigenvalue weighted by Gasteiger charge is -2.27. The summed E-state index contributed by atoms with van der Waals surface area (Å²) in [6.07, 6.45) is 6.17. The van der Waals surface area contributed by atoms with Crippen molar-refractivity contribution >= 4 is 29.4 Å². The van der Waals surface area contributed by atoms with E-state index in [1.54, 1.807) is 0 Å². The number of halogens is 1. The molecule has 2 rings (SSSR count). The van der Waals surface area contributed by atoms with E-state index in [2.05, 4.69) is 15.3 Å². The van der Waals surface area contributed by atoms with Crippen molar-refractivity contribution in [3.63, 3.8) is 0 Å². The second-order valence-corrected chi connectivity index (χ2v) is 5.81. The number of aromatic nitrogens is 2. The van der Waals surface area contributed by atoms with Crippen LogP contribution in [0.25, 0.3) is 0 Å². The van der Waals surface area contributed by atoms with E-state index in [0.29, 0.717) is 12.8 Å². The van der Waals surface area contributed by atoms with Crippen molar-refractivity contribution in [3.8, 4) is 0 Å². The topological polar surface area (TPSA) is 92.2 Å². The van der Waals surface area contributed by atoms with E-state index >= 15 is 0 Å². The normalized spacial score (nSPS) is 17.8. The Hall–Kier alpha value is -1.69. The summed E-state index contributed by atoms with van der Waals surface area (Å²) in [6.45, 7) is 0. The minimum Gasteiger partial charge on any atom is -0.481 e. The molecule has 1 aromatic heterocycles. The van der Waals surface area contributed by atoms with Crippen molar-refractivity contribution in [2.75, 3.05) is 5.32 Å². The van der Waals surface area contributed by atoms with Crippen LogP contribution in [-0.2, 0) is 9.59 Å². The van der Waals surface area contributed by atoms with E-state index in [0.717, 1.165) is 25.7 Å². The van der Waals surface area contributed by atoms with Gasteiger partial charge in [-0.2, -0.15) is 0 Å². The second kappa shape index (κ2) is 6.85. The van der Waals surface area contributed by atoms with E-state index in [9.17, 15) is 14.7 Å². The standard InChI is InChI=1S/C14H18ClN3O3/c15-10-5-8-16-13(17-10)18-11(19)9-14(12(20)21)6-3-1-2-4-7-14/h5,8H,1-4,6-7,9H2,(H,20,21)(H,16,17,18,19). The SMILES string of the molecule is O=C(CC1(C(=O)O)CCCCCC1)Nc1nccc(Cl)n1. The lowest BCUT2D eigenvalue weighted by molar-refractivity contribution is -0.152. The molecular formula is C14H18ClN3O3. The van der Waals surface area contributed by atoms with Crippen molar-refractivity contribution in [3.05, 3.63) is 17.4 Å². The summed E-state index contributed by atoms with van der Waals surface area (Å²) in [6, 6.07) is 1.50. The van der Waals surface area contributed by atoms with Gasteiger partial charge in [-0.25, -0.2) is 9.97 Å². The van der Waals surface area contributed by atoms with E-state index in [-0.39, 0.29) is 23.4 Å². The summed E-state index contributed by atoms with van der Waals surface area (Å²) in [5.74, 6) is -1.19. The van der Waals surface area contributed by atoms with Crippen LogP contribution in [-0.4, -0.2) is 27.0 Å². The van der Waals surface area contributed by atoms with Gasteiger partial charge >= 0.3 is 5.97 Å². The lowest BCUT2D eigenvalue weighted by Crippen LogP contribution is -2.35. The first-order valence-electron chi connectivity index (χ1n) is 7.04. The van der Waals surface area contributed by atoms with Crippen molar-refractivity contribution in [1.29, 1.82) is 0 Å². The highest BCUT2D eigenvalue weighted by atomic mass is 35.5. The van der Waals surface area contributed by atoms with Crippen molar-refractivity contribution in [2.45, 2.75) is 44.9 Å². The molecule has 1 saturated carbocycles. The van der Waals surface area contributed by atoms with Crippen LogP contribution in [0.5, 0.6) is 0 Å². The second-order valence-electron chi connectivity index (χ2n) is 5.43. The Morgan fingerprint density at radius 1 is 1.29 bits per heavy atom. The first-order chi connectivity index (χ1) is 10.0. The molecule has 0 radical (unpaired) electrons. The molecule has 0 saturated heterocycles. The van der Waals surface area contributed by atoms with Crippen LogP contribution in [0.15, 0.2) is 12.3 Å². The molecule has 0 aliphatic heterocycles. The molecule has 0 aromatic carbocycles. The van der Waals surface area contributed by atoms with Crippen LogP contribution in [0.2, 0.25) is 5.15 Å². The van der Waals surface area contributed by atoms with Gasteiger partial charge in [0.2, 0.25) is 11.9 Å². The minimum atomic E-state index is -0.973. The molecule has 2 N–H and O–H groups in total. The number of nitrogens with one attached hydrogen (secondary N) is 1. The molecule has 114 valence electrons. The Balaban J connectivity index is 2.06. The third kappa shape index (κ3) is 4.14. The molecule has 1 aliphatic rings. The molecule has 21 heavy (non-hydrogen) atoms. The molecule has 0 unspecified atom stereocenters. The Morgan fingerprint density at radius 3 is 2.52 bits per heavy atom. The summed E-state index contributed by atoms with van der Waals surface area (Å²) >= 11 is 5.72. The zero-order valence-electron chi connectivity index (χ0n) is 11.6. The van der Waals surface area contributed by atoms with Gasteiger partial charge in [0.1, 0.15) is 5.15 Å². The van der Waals surface area contributed by atoms with Gasteiger partial charge in [-0.1, -0.05) is 37.3 Å². The zero-order valence-corrected chi connectivity index (χ0v) is 12.4. The summed E-state index contributed by atoms with van der Waals surface area (Å²) in [5, 5.41) is 12.3. The summed E-state index contributed by atoms with van der Waals surface area (Å²) < 4.78 is 0. The van der Waals surface area contributed by atoms with Crippen LogP contribution in [0.4, 0.5) is 5.95 Å². The molecule has 0 atom stereocenters. The largest absolute Gasteiger partial charge is 0.481 e. The van der Waals surface area contributed by atoms with Crippen LogP contribution < -0.4 is 5.32 Å². The van der Waals surface area contributed by atoms with Crippen LogP contribution in [0, 0.1) is 5.41 Å². The van der Waals surface area contributed by atoms with Gasteiger partial charge in [0, 0.05) is 12.6 Å². The summed E-state index contributed by atoms with van der Waals surface area (Å²) in [4.78, 5) is 31.5. The first-order valence-corrected chi connectivity index (χ1v) is 7.41. The molecule has 7 heteroatoms. The first kappa shape index (κ1) is 15.7. The lowest BCUT2D eigenvalue weighted by atomic mass is 9.77. The van der Waals surface area contributed by atoms with E-state index in [1.807, 2.05) is 0 Å². The number of nitrogens with zero attached hydrogens (tertiary/aromatic N) is 2. The average molecular weight is 312 g/mol. The average Bonchev–Trinajstić information content (AvgIpc) is 2.65. The molecule has 1 amide bonds. The fraction of sp³-hybridized carbons (Fsp3) is 0.571. The van der Waals surface area contributed by atoms with Gasteiger partial charge in [-0.3, -0.25) is 14.9 Å². The molecule has 1 heterocycles. The highest BCUT2D eigenvalue weighted by Crippen LogP contribution is 2.38. The maximum absolute atomic E-state index is 12.1. The van der Waals surface area contributed by atoms with Crippen LogP contribution in [0.3, 0.4) is 0 Å². The number of anilines is 1. The van der Waals surface area contributed by atoms with Gasteiger partial charge in [0.05, 0.1) is 5.41 Å². The number of carbonyl (C=O) groups excluding carboxylic acids is 1. The third-order valence-corrected chi connectivity index (χ3v) is 4.10. The quantitative estimate of drug-likeness (QED) is 0.659. The third-order valence-electron chi connectivity index (χ3n) is 3.89. The van der Waals surface area contributed by atoms with E-state index < -0.39 is 11.4 Å². The monoisotopic (exact) mass is 311 g/mol. The summed E-state index contributed by atoms with van der Waals surface area (Å²) in [7, 11) is 0. The van der Waals surface area contributed by atoms with Gasteiger partial charge in [0.15, 0.2) is 0 Å². The number of amides is 1. The van der Waals surface area contributed by atoms with Gasteiger partial charge in [0.25, 0.3) is 0 Å².